The summed E-state index contributed by atoms with van der Waals surface area (Å²) in [4.78, 5) is 22.3. The van der Waals surface area contributed by atoms with E-state index in [1.54, 1.807) is 6.20 Å². The van der Waals surface area contributed by atoms with Gasteiger partial charge in [-0.2, -0.15) is 5.10 Å². The summed E-state index contributed by atoms with van der Waals surface area (Å²) < 4.78 is 5.56. The van der Waals surface area contributed by atoms with Gasteiger partial charge in [-0.25, -0.2) is 15.0 Å². The maximum Gasteiger partial charge on any atom is 0.161 e. The van der Waals surface area contributed by atoms with Crippen LogP contribution in [0.5, 0.6) is 0 Å². The maximum atomic E-state index is 5.56. The second kappa shape index (κ2) is 7.10. The van der Waals surface area contributed by atoms with Gasteiger partial charge in [-0.05, 0) is 31.2 Å². The van der Waals surface area contributed by atoms with Crippen LogP contribution in [-0.4, -0.2) is 60.9 Å². The summed E-state index contributed by atoms with van der Waals surface area (Å²) in [5.74, 6) is 1.39. The van der Waals surface area contributed by atoms with Crippen molar-refractivity contribution in [1.29, 1.82) is 0 Å². The van der Waals surface area contributed by atoms with Crippen LogP contribution in [0.15, 0.2) is 43.0 Å². The van der Waals surface area contributed by atoms with E-state index in [4.69, 9.17) is 9.72 Å². The molecule has 1 atom stereocenters. The Kier molecular flexibility index (Phi) is 4.10. The molecular weight excluding hydrogens is 394 g/mol. The van der Waals surface area contributed by atoms with Crippen LogP contribution in [0.4, 0.5) is 17.2 Å². The molecule has 0 aliphatic carbocycles. The average Bonchev–Trinajstić information content (AvgIpc) is 3.53. The molecule has 1 aromatic carbocycles. The smallest absolute Gasteiger partial charge is 0.161 e. The van der Waals surface area contributed by atoms with Crippen LogP contribution in [0, 0.1) is 0 Å². The maximum absolute atomic E-state index is 5.56. The molecule has 10 nitrogen and oxygen atoms in total. The second-order valence-electron chi connectivity index (χ2n) is 7.64. The quantitative estimate of drug-likeness (QED) is 0.355. The Morgan fingerprint density at radius 1 is 1.23 bits per heavy atom. The molecule has 0 saturated carbocycles. The van der Waals surface area contributed by atoms with E-state index in [0.29, 0.717) is 23.4 Å². The van der Waals surface area contributed by atoms with E-state index in [0.717, 1.165) is 53.2 Å². The van der Waals surface area contributed by atoms with E-state index in [1.807, 2.05) is 12.3 Å². The van der Waals surface area contributed by atoms with Crippen molar-refractivity contribution >= 4 is 39.3 Å². The molecule has 1 fully saturated rings. The predicted octanol–water partition coefficient (Wildman–Crippen LogP) is 3.19. The SMILES string of the molecule is C[C@H]1COCCN1c1ccc2[nH]c(-c3n[nH]cc3Nc3ncnc4[nH]ccc34)nc2c1. The van der Waals surface area contributed by atoms with Crippen LogP contribution in [0.2, 0.25) is 0 Å². The number of H-pyrrole nitrogens is 3. The Labute approximate surface area is 177 Å². The number of benzene rings is 1. The number of fused-ring (bicyclic) bond motifs is 2. The minimum atomic E-state index is 0.338. The third-order valence-corrected chi connectivity index (χ3v) is 5.64. The summed E-state index contributed by atoms with van der Waals surface area (Å²) in [5.41, 5.74) is 5.26. The molecule has 6 rings (SSSR count). The summed E-state index contributed by atoms with van der Waals surface area (Å²) in [6.07, 6.45) is 5.16. The van der Waals surface area contributed by atoms with Crippen LogP contribution >= 0.6 is 0 Å². The molecule has 0 unspecified atom stereocenters. The monoisotopic (exact) mass is 415 g/mol. The zero-order valence-electron chi connectivity index (χ0n) is 16.9. The lowest BCUT2D eigenvalue weighted by molar-refractivity contribution is 0.0989. The van der Waals surface area contributed by atoms with E-state index in [-0.39, 0.29) is 0 Å². The van der Waals surface area contributed by atoms with Crippen molar-refractivity contribution in [3.8, 4) is 11.5 Å². The lowest BCUT2D eigenvalue weighted by Crippen LogP contribution is -2.43. The molecule has 1 aliphatic rings. The Balaban J connectivity index is 1.34. The first-order valence-corrected chi connectivity index (χ1v) is 10.2. The minimum Gasteiger partial charge on any atom is -0.377 e. The van der Waals surface area contributed by atoms with Gasteiger partial charge >= 0.3 is 0 Å². The molecule has 5 heterocycles. The normalized spacial score (nSPS) is 16.9. The van der Waals surface area contributed by atoms with Crippen LogP contribution in [0.1, 0.15) is 6.92 Å². The summed E-state index contributed by atoms with van der Waals surface area (Å²) in [5, 5.41) is 11.6. The van der Waals surface area contributed by atoms with E-state index < -0.39 is 0 Å². The third-order valence-electron chi connectivity index (χ3n) is 5.64. The first kappa shape index (κ1) is 17.9. The summed E-state index contributed by atoms with van der Waals surface area (Å²) in [7, 11) is 0. The van der Waals surface area contributed by atoms with Crippen LogP contribution < -0.4 is 10.2 Å². The highest BCUT2D eigenvalue weighted by atomic mass is 16.5. The number of nitrogens with zero attached hydrogens (tertiary/aromatic N) is 5. The Morgan fingerprint density at radius 2 is 2.19 bits per heavy atom. The number of hydrogen-bond donors (Lipinski definition) is 4. The van der Waals surface area contributed by atoms with Gasteiger partial charge in [0.2, 0.25) is 0 Å². The van der Waals surface area contributed by atoms with Crippen LogP contribution in [0.3, 0.4) is 0 Å². The summed E-state index contributed by atoms with van der Waals surface area (Å²) >= 11 is 0. The molecule has 0 bridgehead atoms. The number of imidazole rings is 1. The molecule has 1 aliphatic heterocycles. The number of aromatic nitrogens is 7. The molecular formula is C21H21N9O. The van der Waals surface area contributed by atoms with Crippen molar-refractivity contribution in [2.45, 2.75) is 13.0 Å². The molecule has 4 N–H and O–H groups in total. The lowest BCUT2D eigenvalue weighted by atomic mass is 10.2. The van der Waals surface area contributed by atoms with Gasteiger partial charge in [0.15, 0.2) is 11.5 Å². The lowest BCUT2D eigenvalue weighted by Gasteiger charge is -2.35. The predicted molar refractivity (Wildman–Crippen MR) is 118 cm³/mol. The molecule has 0 spiro atoms. The van der Waals surface area contributed by atoms with Crippen molar-refractivity contribution in [1.82, 2.24) is 35.1 Å². The number of nitrogens with one attached hydrogen (secondary N) is 4. The van der Waals surface area contributed by atoms with E-state index in [2.05, 4.69) is 65.5 Å². The van der Waals surface area contributed by atoms with Crippen molar-refractivity contribution in [3.63, 3.8) is 0 Å². The van der Waals surface area contributed by atoms with Gasteiger partial charge in [0, 0.05) is 30.7 Å². The molecule has 5 aromatic rings. The molecule has 0 radical (unpaired) electrons. The molecule has 0 amide bonds. The van der Waals surface area contributed by atoms with Gasteiger partial charge in [0.25, 0.3) is 0 Å². The van der Waals surface area contributed by atoms with Crippen molar-refractivity contribution in [3.05, 3.63) is 43.0 Å². The van der Waals surface area contributed by atoms with Gasteiger partial charge in [-0.1, -0.05) is 0 Å². The first-order chi connectivity index (χ1) is 15.3. The van der Waals surface area contributed by atoms with Crippen molar-refractivity contribution in [2.24, 2.45) is 0 Å². The van der Waals surface area contributed by atoms with Crippen molar-refractivity contribution in [2.75, 3.05) is 30.0 Å². The average molecular weight is 415 g/mol. The number of ether oxygens (including phenoxy) is 1. The number of hydrogen-bond acceptors (Lipinski definition) is 7. The van der Waals surface area contributed by atoms with Gasteiger partial charge in [-0.3, -0.25) is 5.10 Å². The second-order valence-corrected chi connectivity index (χ2v) is 7.64. The fourth-order valence-corrected chi connectivity index (χ4v) is 4.06. The Hall–Kier alpha value is -3.92. The highest BCUT2D eigenvalue weighted by Crippen LogP contribution is 2.31. The molecule has 31 heavy (non-hydrogen) atoms. The Morgan fingerprint density at radius 3 is 3.13 bits per heavy atom. The molecule has 1 saturated heterocycles. The fraction of sp³-hybridized carbons (Fsp3) is 0.238. The van der Waals surface area contributed by atoms with Gasteiger partial charge in [0.05, 0.1) is 35.3 Å². The van der Waals surface area contributed by atoms with E-state index in [9.17, 15) is 0 Å². The van der Waals surface area contributed by atoms with Gasteiger partial charge in [-0.15, -0.1) is 0 Å². The van der Waals surface area contributed by atoms with Crippen LogP contribution in [0.25, 0.3) is 33.6 Å². The zero-order chi connectivity index (χ0) is 20.8. The van der Waals surface area contributed by atoms with Gasteiger partial charge < -0.3 is 24.9 Å². The first-order valence-electron chi connectivity index (χ1n) is 10.2. The number of morpholine rings is 1. The zero-order valence-corrected chi connectivity index (χ0v) is 16.9. The van der Waals surface area contributed by atoms with E-state index >= 15 is 0 Å². The summed E-state index contributed by atoms with van der Waals surface area (Å²) in [6.45, 7) is 4.54. The summed E-state index contributed by atoms with van der Waals surface area (Å²) in [6, 6.07) is 8.58. The third kappa shape index (κ3) is 3.08. The molecule has 10 heteroatoms. The number of aromatic amines is 3. The van der Waals surface area contributed by atoms with Gasteiger partial charge in [0.1, 0.15) is 17.8 Å². The van der Waals surface area contributed by atoms with Crippen molar-refractivity contribution < 1.29 is 4.74 Å². The van der Waals surface area contributed by atoms with E-state index in [1.165, 1.54) is 6.33 Å². The minimum absolute atomic E-state index is 0.338. The number of rotatable bonds is 4. The topological polar surface area (TPSA) is 123 Å². The standard InChI is InChI=1S/C21H21N9O/c1-12-10-31-7-6-30(12)13-2-3-15-16(8-13)27-21(26-15)18-17(9-25-29-18)28-20-14-4-5-22-19(14)23-11-24-20/h2-5,8-9,11-12H,6-7,10H2,1H3,(H,25,29)(H,26,27)(H2,22,23,24,28)/t12-/m0/s1. The fourth-order valence-electron chi connectivity index (χ4n) is 4.06. The highest BCUT2D eigenvalue weighted by Gasteiger charge is 2.20. The van der Waals surface area contributed by atoms with Crippen LogP contribution in [-0.2, 0) is 4.74 Å². The molecule has 4 aromatic heterocycles. The number of anilines is 3. The Bertz CT molecular complexity index is 1370. The highest BCUT2D eigenvalue weighted by molar-refractivity contribution is 5.91. The largest absolute Gasteiger partial charge is 0.377 e. The molecule has 156 valence electrons.